The molecule has 0 heterocycles. The maximum Gasteiger partial charge on any atom is 0.185 e. The van der Waals surface area contributed by atoms with Crippen LogP contribution in [0.3, 0.4) is 0 Å². The SMILES string of the molecule is CO/N=C(\CO[Si](C)(C)C)[C@@]1(O[Si](C)(C)C)CC[C@H]2[C@@H]3CCC4CC(O[Si](C)(C)C)CC[C@]4(C)[C@H]3C(O[Si](C)(C)C)C[C@@]21C. The van der Waals surface area contributed by atoms with Gasteiger partial charge >= 0.3 is 0 Å². The summed E-state index contributed by atoms with van der Waals surface area (Å²) < 4.78 is 28.2. The summed E-state index contributed by atoms with van der Waals surface area (Å²) in [6.07, 6.45) is 10.2. The van der Waals surface area contributed by atoms with E-state index in [2.05, 4.69) is 92.4 Å². The first-order valence-corrected chi connectivity index (χ1v) is 31.4. The fraction of sp³-hybridized carbons (Fsp3) is 0.971. The van der Waals surface area contributed by atoms with Crippen molar-refractivity contribution in [1.82, 2.24) is 0 Å². The fourth-order valence-corrected chi connectivity index (χ4v) is 14.7. The molecule has 0 aromatic carbocycles. The van der Waals surface area contributed by atoms with Crippen LogP contribution < -0.4 is 0 Å². The second-order valence-electron chi connectivity index (χ2n) is 19.3. The van der Waals surface area contributed by atoms with Gasteiger partial charge in [0.05, 0.1) is 6.61 Å². The number of hydrogen-bond acceptors (Lipinski definition) is 6. The molecule has 4 rings (SSSR count). The van der Waals surface area contributed by atoms with Gasteiger partial charge in [0, 0.05) is 17.6 Å². The Balaban J connectivity index is 1.78. The van der Waals surface area contributed by atoms with Crippen LogP contribution in [-0.2, 0) is 22.5 Å². The summed E-state index contributed by atoms with van der Waals surface area (Å²) in [6.45, 7) is 33.7. The molecule has 44 heavy (non-hydrogen) atoms. The van der Waals surface area contributed by atoms with Crippen molar-refractivity contribution in [2.24, 2.45) is 39.7 Å². The van der Waals surface area contributed by atoms with E-state index < -0.39 is 38.9 Å². The summed E-state index contributed by atoms with van der Waals surface area (Å²) in [7, 11) is -5.49. The summed E-state index contributed by atoms with van der Waals surface area (Å²) in [6, 6.07) is 0. The molecule has 0 aliphatic heterocycles. The second-order valence-corrected chi connectivity index (χ2v) is 37.2. The zero-order chi connectivity index (χ0) is 33.1. The smallest absolute Gasteiger partial charge is 0.185 e. The number of fused-ring (bicyclic) bond motifs is 5. The largest absolute Gasteiger partial charge is 0.415 e. The lowest BCUT2D eigenvalue weighted by molar-refractivity contribution is -0.183. The van der Waals surface area contributed by atoms with Crippen LogP contribution in [0, 0.1) is 34.5 Å². The summed E-state index contributed by atoms with van der Waals surface area (Å²) in [5, 5.41) is 4.79. The average molecular weight is 684 g/mol. The standard InChI is InChI=1S/C34H69NO5Si4/c1-32-20-18-26(38-42(7,8)9)22-25(32)16-17-27-28-19-21-34(40-44(13,14)15,30(35-36-3)24-37-41(4,5)6)33(28,2)23-29(31(27)32)39-43(10,11)12/h25-29,31H,16-24H2,1-15H3/b35-30+/t25?,26?,27-,28-,29?,31+,32-,33-,34-/m0/s1. The van der Waals surface area contributed by atoms with E-state index in [1.807, 2.05) is 0 Å². The Bertz CT molecular complexity index is 1050. The fourth-order valence-electron chi connectivity index (χ4n) is 10.3. The molecular weight excluding hydrogens is 615 g/mol. The Hall–Kier alpha value is 0.178. The Morgan fingerprint density at radius 2 is 1.39 bits per heavy atom. The molecule has 3 unspecified atom stereocenters. The van der Waals surface area contributed by atoms with Crippen LogP contribution in [0.4, 0.5) is 0 Å². The monoisotopic (exact) mass is 683 g/mol. The normalized spacial score (nSPS) is 40.3. The number of rotatable bonds is 11. The minimum Gasteiger partial charge on any atom is -0.415 e. The molecule has 0 bridgehead atoms. The van der Waals surface area contributed by atoms with Gasteiger partial charge in [0.15, 0.2) is 33.3 Å². The highest BCUT2D eigenvalue weighted by Gasteiger charge is 2.70. The molecule has 0 amide bonds. The molecule has 256 valence electrons. The maximum absolute atomic E-state index is 7.50. The van der Waals surface area contributed by atoms with Crippen molar-refractivity contribution in [3.63, 3.8) is 0 Å². The van der Waals surface area contributed by atoms with Gasteiger partial charge in [-0.3, -0.25) is 0 Å². The third kappa shape index (κ3) is 7.73. The highest BCUT2D eigenvalue weighted by molar-refractivity contribution is 6.71. The van der Waals surface area contributed by atoms with Crippen molar-refractivity contribution < 1.29 is 22.5 Å². The topological polar surface area (TPSA) is 58.5 Å². The van der Waals surface area contributed by atoms with E-state index in [1.54, 1.807) is 7.11 Å². The number of hydrogen-bond donors (Lipinski definition) is 0. The van der Waals surface area contributed by atoms with Gasteiger partial charge in [-0.2, -0.15) is 0 Å². The molecule has 0 N–H and O–H groups in total. The zero-order valence-corrected chi connectivity index (χ0v) is 35.3. The van der Waals surface area contributed by atoms with Crippen molar-refractivity contribution >= 4 is 39.0 Å². The van der Waals surface area contributed by atoms with Gasteiger partial charge in [0.25, 0.3) is 0 Å². The molecule has 0 aromatic rings. The maximum atomic E-state index is 7.50. The van der Waals surface area contributed by atoms with Gasteiger partial charge < -0.3 is 22.5 Å². The summed E-state index contributed by atoms with van der Waals surface area (Å²) in [4.78, 5) is 5.62. The Kier molecular flexibility index (Phi) is 10.6. The molecule has 0 spiro atoms. The molecular formula is C34H69NO5Si4. The van der Waals surface area contributed by atoms with Gasteiger partial charge in [-0.25, -0.2) is 0 Å². The van der Waals surface area contributed by atoms with E-state index in [0.717, 1.165) is 24.5 Å². The summed E-state index contributed by atoms with van der Waals surface area (Å²) >= 11 is 0. The third-order valence-corrected chi connectivity index (χ3v) is 15.5. The molecule has 4 aliphatic carbocycles. The lowest BCUT2D eigenvalue weighted by Gasteiger charge is -2.65. The summed E-state index contributed by atoms with van der Waals surface area (Å²) in [5.41, 5.74) is 0.678. The predicted molar refractivity (Wildman–Crippen MR) is 194 cm³/mol. The zero-order valence-electron chi connectivity index (χ0n) is 31.3. The minimum atomic E-state index is -1.99. The Morgan fingerprint density at radius 3 is 1.93 bits per heavy atom. The van der Waals surface area contributed by atoms with Crippen molar-refractivity contribution in [3.05, 3.63) is 0 Å². The predicted octanol–water partition coefficient (Wildman–Crippen LogP) is 9.52. The van der Waals surface area contributed by atoms with E-state index in [-0.39, 0.29) is 11.5 Å². The van der Waals surface area contributed by atoms with Crippen LogP contribution in [0.15, 0.2) is 5.16 Å². The van der Waals surface area contributed by atoms with E-state index in [1.165, 1.54) is 38.5 Å². The molecule has 0 aromatic heterocycles. The minimum absolute atomic E-state index is 0.0970. The number of oxime groups is 1. The first-order chi connectivity index (χ1) is 19.9. The lowest BCUT2D eigenvalue weighted by Crippen LogP contribution is -2.66. The van der Waals surface area contributed by atoms with Gasteiger partial charge in [0.2, 0.25) is 0 Å². The number of nitrogens with zero attached hydrogens (tertiary/aromatic N) is 1. The van der Waals surface area contributed by atoms with Crippen molar-refractivity contribution in [2.75, 3.05) is 13.7 Å². The summed E-state index contributed by atoms with van der Waals surface area (Å²) in [5.74, 6) is 2.52. The first kappa shape index (κ1) is 37.0. The molecule has 9 atom stereocenters. The van der Waals surface area contributed by atoms with E-state index in [0.29, 0.717) is 35.9 Å². The quantitative estimate of drug-likeness (QED) is 0.123. The first-order valence-electron chi connectivity index (χ1n) is 17.7. The molecule has 10 heteroatoms. The van der Waals surface area contributed by atoms with E-state index in [4.69, 9.17) is 27.7 Å². The van der Waals surface area contributed by atoms with Gasteiger partial charge in [-0.1, -0.05) is 19.0 Å². The molecule has 4 aliphatic rings. The molecule has 6 nitrogen and oxygen atoms in total. The molecule has 4 saturated carbocycles. The van der Waals surface area contributed by atoms with Crippen molar-refractivity contribution in [1.29, 1.82) is 0 Å². The highest BCUT2D eigenvalue weighted by Crippen LogP contribution is 2.70. The average Bonchev–Trinajstić information content (AvgIpc) is 3.10. The van der Waals surface area contributed by atoms with Crippen LogP contribution in [0.25, 0.3) is 0 Å². The van der Waals surface area contributed by atoms with Gasteiger partial charge in [0.1, 0.15) is 18.4 Å². The van der Waals surface area contributed by atoms with E-state index in [9.17, 15) is 0 Å². The van der Waals surface area contributed by atoms with E-state index >= 15 is 0 Å². The van der Waals surface area contributed by atoms with Gasteiger partial charge in [-0.05, 0) is 159 Å². The third-order valence-electron chi connectivity index (χ3n) is 11.5. The Labute approximate surface area is 275 Å². The molecule has 0 saturated heterocycles. The van der Waals surface area contributed by atoms with Crippen LogP contribution in [0.2, 0.25) is 78.6 Å². The van der Waals surface area contributed by atoms with Crippen molar-refractivity contribution in [2.45, 2.75) is 162 Å². The Morgan fingerprint density at radius 1 is 0.750 bits per heavy atom. The van der Waals surface area contributed by atoms with Crippen molar-refractivity contribution in [3.8, 4) is 0 Å². The van der Waals surface area contributed by atoms with Crippen LogP contribution >= 0.6 is 0 Å². The highest BCUT2D eigenvalue weighted by atomic mass is 28.4. The van der Waals surface area contributed by atoms with Crippen LogP contribution in [0.1, 0.15) is 65.2 Å². The van der Waals surface area contributed by atoms with Crippen LogP contribution in [-0.4, -0.2) is 70.5 Å². The lowest BCUT2D eigenvalue weighted by atomic mass is 9.43. The molecule has 4 fully saturated rings. The molecule has 0 radical (unpaired) electrons. The van der Waals surface area contributed by atoms with Crippen LogP contribution in [0.5, 0.6) is 0 Å². The second kappa shape index (κ2) is 12.6. The van der Waals surface area contributed by atoms with Gasteiger partial charge in [-0.15, -0.1) is 0 Å².